The molecule has 1 aromatic rings. The van der Waals surface area contributed by atoms with Crippen molar-refractivity contribution in [2.24, 2.45) is 0 Å². The number of carbonyl (C=O) groups excluding carboxylic acids is 1. The number of rotatable bonds is 9. The van der Waals surface area contributed by atoms with Gasteiger partial charge in [-0.1, -0.05) is 36.8 Å². The van der Waals surface area contributed by atoms with E-state index in [4.69, 9.17) is 5.26 Å². The molecule has 5 heteroatoms. The predicted octanol–water partition coefficient (Wildman–Crippen LogP) is 2.65. The lowest BCUT2D eigenvalue weighted by Crippen LogP contribution is -2.22. The van der Waals surface area contributed by atoms with Crippen LogP contribution in [0, 0.1) is 11.3 Å². The average Bonchev–Trinajstić information content (AvgIpc) is 2.50. The Bertz CT molecular complexity index is 521. The number of benzene rings is 1. The summed E-state index contributed by atoms with van der Waals surface area (Å²) >= 11 is 0. The van der Waals surface area contributed by atoms with Crippen LogP contribution in [-0.2, 0) is 21.3 Å². The maximum atomic E-state index is 11.8. The molecule has 0 aromatic heterocycles. The molecule has 1 N–H and O–H groups in total. The van der Waals surface area contributed by atoms with Crippen LogP contribution >= 0.6 is 0 Å². The molecule has 0 heterocycles. The van der Waals surface area contributed by atoms with Gasteiger partial charge in [0.15, 0.2) is 0 Å². The standard InChI is InChI=1S/C16H20N2O2S/c17-11-6-1-2-7-12-18-16(19)10-13-21(20)14-15-8-4-3-5-9-15/h3-5,8-10,13H,1-2,6-7,12,14H2,(H,18,19)/b13-10-. The summed E-state index contributed by atoms with van der Waals surface area (Å²) in [6.45, 7) is 0.583. The second kappa shape index (κ2) is 10.8. The van der Waals surface area contributed by atoms with Gasteiger partial charge < -0.3 is 5.32 Å². The third-order valence-corrected chi connectivity index (χ3v) is 3.85. The number of nitrogens with zero attached hydrogens (tertiary/aromatic N) is 1. The maximum absolute atomic E-state index is 11.8. The van der Waals surface area contributed by atoms with Crippen molar-refractivity contribution >= 4 is 16.7 Å². The lowest BCUT2D eigenvalue weighted by molar-refractivity contribution is -0.116. The van der Waals surface area contributed by atoms with Gasteiger partial charge >= 0.3 is 0 Å². The van der Waals surface area contributed by atoms with Gasteiger partial charge in [-0.25, -0.2) is 0 Å². The summed E-state index contributed by atoms with van der Waals surface area (Å²) in [6.07, 6.45) is 4.54. The molecule has 1 amide bonds. The summed E-state index contributed by atoms with van der Waals surface area (Å²) < 4.78 is 11.8. The summed E-state index contributed by atoms with van der Waals surface area (Å²) in [5.74, 6) is 0.190. The van der Waals surface area contributed by atoms with Crippen LogP contribution in [0.1, 0.15) is 31.2 Å². The van der Waals surface area contributed by atoms with E-state index in [1.165, 1.54) is 11.5 Å². The molecule has 0 saturated carbocycles. The van der Waals surface area contributed by atoms with Crippen molar-refractivity contribution in [1.29, 1.82) is 5.26 Å². The molecule has 0 saturated heterocycles. The molecule has 0 bridgehead atoms. The predicted molar refractivity (Wildman–Crippen MR) is 84.5 cm³/mol. The lowest BCUT2D eigenvalue weighted by Gasteiger charge is -2.01. The van der Waals surface area contributed by atoms with E-state index < -0.39 is 10.8 Å². The van der Waals surface area contributed by atoms with E-state index >= 15 is 0 Å². The number of hydrogen-bond donors (Lipinski definition) is 1. The molecule has 112 valence electrons. The second-order valence-electron chi connectivity index (χ2n) is 4.57. The normalized spacial score (nSPS) is 12.0. The fourth-order valence-electron chi connectivity index (χ4n) is 1.70. The molecule has 0 spiro atoms. The van der Waals surface area contributed by atoms with E-state index in [0.717, 1.165) is 24.8 Å². The van der Waals surface area contributed by atoms with Crippen molar-refractivity contribution in [2.75, 3.05) is 6.54 Å². The van der Waals surface area contributed by atoms with Crippen LogP contribution in [0.4, 0.5) is 0 Å². The molecular weight excluding hydrogens is 284 g/mol. The van der Waals surface area contributed by atoms with Crippen LogP contribution < -0.4 is 5.32 Å². The minimum Gasteiger partial charge on any atom is -0.353 e. The molecular formula is C16H20N2O2S. The Labute approximate surface area is 128 Å². The molecule has 0 aliphatic carbocycles. The first kappa shape index (κ1) is 17.1. The first-order chi connectivity index (χ1) is 10.2. The van der Waals surface area contributed by atoms with Crippen molar-refractivity contribution in [3.63, 3.8) is 0 Å². The highest BCUT2D eigenvalue weighted by Crippen LogP contribution is 2.03. The zero-order valence-corrected chi connectivity index (χ0v) is 12.8. The third kappa shape index (κ3) is 8.77. The van der Waals surface area contributed by atoms with Crippen LogP contribution in [0.25, 0.3) is 0 Å². The summed E-state index contributed by atoms with van der Waals surface area (Å²) in [5.41, 5.74) is 0.985. The lowest BCUT2D eigenvalue weighted by atomic mass is 10.2. The minimum absolute atomic E-state index is 0.225. The number of unbranched alkanes of at least 4 members (excludes halogenated alkanes) is 3. The molecule has 1 aromatic carbocycles. The molecule has 0 aliphatic rings. The van der Waals surface area contributed by atoms with E-state index in [1.807, 2.05) is 30.3 Å². The Morgan fingerprint density at radius 3 is 2.71 bits per heavy atom. The SMILES string of the molecule is N#CCCCCCNC(=O)/C=C\S(=O)Cc1ccccc1. The summed E-state index contributed by atoms with van der Waals surface area (Å²) in [6, 6.07) is 11.6. The van der Waals surface area contributed by atoms with Crippen LogP contribution in [0.3, 0.4) is 0 Å². The van der Waals surface area contributed by atoms with Gasteiger partial charge in [-0.3, -0.25) is 9.00 Å². The van der Waals surface area contributed by atoms with Crippen molar-refractivity contribution in [3.05, 3.63) is 47.4 Å². The Hall–Kier alpha value is -1.93. The smallest absolute Gasteiger partial charge is 0.244 e. The molecule has 21 heavy (non-hydrogen) atoms. The number of nitriles is 1. The molecule has 4 nitrogen and oxygen atoms in total. The molecule has 1 atom stereocenters. The van der Waals surface area contributed by atoms with Crippen molar-refractivity contribution in [2.45, 2.75) is 31.4 Å². The van der Waals surface area contributed by atoms with E-state index in [0.29, 0.717) is 18.7 Å². The minimum atomic E-state index is -1.18. The average molecular weight is 304 g/mol. The van der Waals surface area contributed by atoms with Crippen LogP contribution in [0.2, 0.25) is 0 Å². The molecule has 1 unspecified atom stereocenters. The van der Waals surface area contributed by atoms with Crippen molar-refractivity contribution < 1.29 is 9.00 Å². The summed E-state index contributed by atoms with van der Waals surface area (Å²) in [4.78, 5) is 11.5. The van der Waals surface area contributed by atoms with Gasteiger partial charge in [0.25, 0.3) is 0 Å². The summed E-state index contributed by atoms with van der Waals surface area (Å²) in [7, 11) is -1.18. The highest BCUT2D eigenvalue weighted by atomic mass is 32.2. The fraction of sp³-hybridized carbons (Fsp3) is 0.375. The van der Waals surface area contributed by atoms with Gasteiger partial charge in [-0.05, 0) is 18.4 Å². The highest BCUT2D eigenvalue weighted by Gasteiger charge is 1.99. The molecule has 0 aliphatic heterocycles. The fourth-order valence-corrected chi connectivity index (χ4v) is 2.59. The van der Waals surface area contributed by atoms with Gasteiger partial charge in [0.2, 0.25) is 5.91 Å². The monoisotopic (exact) mass is 304 g/mol. The van der Waals surface area contributed by atoms with Gasteiger partial charge in [0.05, 0.1) is 22.6 Å². The number of carbonyl (C=O) groups is 1. The van der Waals surface area contributed by atoms with E-state index in [-0.39, 0.29) is 5.91 Å². The highest BCUT2D eigenvalue weighted by molar-refractivity contribution is 7.87. The molecule has 1 rings (SSSR count). The Morgan fingerprint density at radius 2 is 2.00 bits per heavy atom. The summed E-state index contributed by atoms with van der Waals surface area (Å²) in [5, 5.41) is 12.5. The van der Waals surface area contributed by atoms with E-state index in [1.54, 1.807) is 0 Å². The van der Waals surface area contributed by atoms with Gasteiger partial charge in [-0.2, -0.15) is 5.26 Å². The molecule has 0 fully saturated rings. The van der Waals surface area contributed by atoms with Crippen LogP contribution in [0.5, 0.6) is 0 Å². The second-order valence-corrected chi connectivity index (χ2v) is 5.90. The number of hydrogen-bond acceptors (Lipinski definition) is 3. The number of amides is 1. The first-order valence-electron chi connectivity index (χ1n) is 6.96. The largest absolute Gasteiger partial charge is 0.353 e. The van der Waals surface area contributed by atoms with Crippen molar-refractivity contribution in [1.82, 2.24) is 5.32 Å². The molecule has 0 radical (unpaired) electrons. The Balaban J connectivity index is 2.18. The van der Waals surface area contributed by atoms with E-state index in [2.05, 4.69) is 11.4 Å². The quantitative estimate of drug-likeness (QED) is 0.563. The van der Waals surface area contributed by atoms with Gasteiger partial charge in [-0.15, -0.1) is 0 Å². The van der Waals surface area contributed by atoms with Crippen LogP contribution in [0.15, 0.2) is 41.8 Å². The van der Waals surface area contributed by atoms with Crippen molar-refractivity contribution in [3.8, 4) is 6.07 Å². The Kier molecular flexibility index (Phi) is 8.81. The zero-order valence-electron chi connectivity index (χ0n) is 12.0. The van der Waals surface area contributed by atoms with Crippen LogP contribution in [-0.4, -0.2) is 16.7 Å². The van der Waals surface area contributed by atoms with Gasteiger partial charge in [0, 0.05) is 24.4 Å². The van der Waals surface area contributed by atoms with Gasteiger partial charge in [0.1, 0.15) is 0 Å². The third-order valence-electron chi connectivity index (χ3n) is 2.79. The zero-order chi connectivity index (χ0) is 15.3. The first-order valence-corrected chi connectivity index (χ1v) is 8.34. The topological polar surface area (TPSA) is 70.0 Å². The Morgan fingerprint density at radius 1 is 1.24 bits per heavy atom. The maximum Gasteiger partial charge on any atom is 0.244 e. The van der Waals surface area contributed by atoms with E-state index in [9.17, 15) is 9.00 Å². The number of nitrogens with one attached hydrogen (secondary N) is 1.